The molecule has 7 nitrogen and oxygen atoms in total. The summed E-state index contributed by atoms with van der Waals surface area (Å²) in [6, 6.07) is 19.5. The van der Waals surface area contributed by atoms with Gasteiger partial charge < -0.3 is 5.32 Å². The van der Waals surface area contributed by atoms with Crippen LogP contribution in [0.4, 0.5) is 5.69 Å². The SMILES string of the molecule is Cc1nn(CC(=O)N[C@@H](Cc2ccccc2)c2ccccc2)c(C)c1[N+](=O)[O-]. The smallest absolute Gasteiger partial charge is 0.312 e. The van der Waals surface area contributed by atoms with Gasteiger partial charge in [0.25, 0.3) is 0 Å². The first-order chi connectivity index (χ1) is 13.5. The Balaban J connectivity index is 1.78. The number of hydrogen-bond donors (Lipinski definition) is 1. The average molecular weight is 378 g/mol. The highest BCUT2D eigenvalue weighted by molar-refractivity contribution is 5.76. The summed E-state index contributed by atoms with van der Waals surface area (Å²) in [5.41, 5.74) is 2.74. The number of amides is 1. The van der Waals surface area contributed by atoms with Gasteiger partial charge in [-0.2, -0.15) is 5.10 Å². The van der Waals surface area contributed by atoms with Crippen molar-refractivity contribution in [3.8, 4) is 0 Å². The summed E-state index contributed by atoms with van der Waals surface area (Å²) in [5.74, 6) is -0.245. The fourth-order valence-corrected chi connectivity index (χ4v) is 3.27. The van der Waals surface area contributed by atoms with Gasteiger partial charge in [-0.25, -0.2) is 0 Å². The molecule has 0 fully saturated rings. The lowest BCUT2D eigenvalue weighted by atomic mass is 9.99. The van der Waals surface area contributed by atoms with Crippen LogP contribution in [0.2, 0.25) is 0 Å². The standard InChI is InChI=1S/C21H22N4O3/c1-15-21(25(27)28)16(2)24(23-15)14-20(26)22-19(18-11-7-4-8-12-18)13-17-9-5-3-6-10-17/h3-12,19H,13-14H2,1-2H3,(H,22,26)/t19-/m0/s1. The summed E-state index contributed by atoms with van der Waals surface area (Å²) in [6.07, 6.45) is 0.647. The fourth-order valence-electron chi connectivity index (χ4n) is 3.27. The van der Waals surface area contributed by atoms with Crippen molar-refractivity contribution >= 4 is 11.6 Å². The van der Waals surface area contributed by atoms with Gasteiger partial charge in [0.05, 0.1) is 11.0 Å². The van der Waals surface area contributed by atoms with Gasteiger partial charge in [-0.1, -0.05) is 60.7 Å². The minimum Gasteiger partial charge on any atom is -0.347 e. The topological polar surface area (TPSA) is 90.1 Å². The molecule has 1 N–H and O–H groups in total. The Morgan fingerprint density at radius 3 is 2.29 bits per heavy atom. The van der Waals surface area contributed by atoms with E-state index in [1.165, 1.54) is 4.68 Å². The largest absolute Gasteiger partial charge is 0.347 e. The molecule has 2 aromatic carbocycles. The van der Waals surface area contributed by atoms with Gasteiger partial charge in [0.1, 0.15) is 17.9 Å². The summed E-state index contributed by atoms with van der Waals surface area (Å²) in [5, 5.41) is 18.4. The first-order valence-electron chi connectivity index (χ1n) is 9.02. The van der Waals surface area contributed by atoms with Crippen LogP contribution in [0.25, 0.3) is 0 Å². The summed E-state index contributed by atoms with van der Waals surface area (Å²) in [4.78, 5) is 23.4. The van der Waals surface area contributed by atoms with Crippen LogP contribution in [-0.2, 0) is 17.8 Å². The molecule has 144 valence electrons. The van der Waals surface area contributed by atoms with Crippen molar-refractivity contribution < 1.29 is 9.72 Å². The van der Waals surface area contributed by atoms with E-state index in [1.54, 1.807) is 13.8 Å². The Morgan fingerprint density at radius 1 is 1.11 bits per heavy atom. The number of rotatable bonds is 7. The van der Waals surface area contributed by atoms with Crippen molar-refractivity contribution in [1.29, 1.82) is 0 Å². The number of carbonyl (C=O) groups excluding carboxylic acids is 1. The molecule has 28 heavy (non-hydrogen) atoms. The Hall–Kier alpha value is -3.48. The molecule has 0 saturated heterocycles. The zero-order chi connectivity index (χ0) is 20.1. The van der Waals surface area contributed by atoms with Crippen molar-refractivity contribution in [1.82, 2.24) is 15.1 Å². The van der Waals surface area contributed by atoms with Gasteiger partial charge in [-0.3, -0.25) is 19.6 Å². The molecule has 1 aromatic heterocycles. The van der Waals surface area contributed by atoms with Crippen LogP contribution in [0.15, 0.2) is 60.7 Å². The molecule has 0 saturated carbocycles. The van der Waals surface area contributed by atoms with Crippen molar-refractivity contribution in [2.24, 2.45) is 0 Å². The number of hydrogen-bond acceptors (Lipinski definition) is 4. The van der Waals surface area contributed by atoms with E-state index in [0.717, 1.165) is 11.1 Å². The number of nitrogens with one attached hydrogen (secondary N) is 1. The van der Waals surface area contributed by atoms with Gasteiger partial charge in [0.2, 0.25) is 5.91 Å². The maximum absolute atomic E-state index is 12.7. The van der Waals surface area contributed by atoms with Crippen molar-refractivity contribution in [2.45, 2.75) is 32.9 Å². The molecule has 0 bridgehead atoms. The minimum absolute atomic E-state index is 0.0447. The Labute approximate surface area is 163 Å². The van der Waals surface area contributed by atoms with E-state index in [2.05, 4.69) is 10.4 Å². The normalized spacial score (nSPS) is 11.8. The van der Waals surface area contributed by atoms with Crippen LogP contribution in [0.5, 0.6) is 0 Å². The van der Waals surface area contributed by atoms with Crippen LogP contribution in [0, 0.1) is 24.0 Å². The van der Waals surface area contributed by atoms with Gasteiger partial charge >= 0.3 is 5.69 Å². The number of nitro groups is 1. The van der Waals surface area contributed by atoms with Crippen molar-refractivity contribution in [3.63, 3.8) is 0 Å². The molecule has 3 aromatic rings. The van der Waals surface area contributed by atoms with Crippen LogP contribution in [0.1, 0.15) is 28.6 Å². The zero-order valence-electron chi connectivity index (χ0n) is 15.8. The van der Waals surface area contributed by atoms with E-state index in [0.29, 0.717) is 17.8 Å². The molecule has 1 atom stereocenters. The third-order valence-corrected chi connectivity index (χ3v) is 4.64. The van der Waals surface area contributed by atoms with Crippen molar-refractivity contribution in [3.05, 3.63) is 93.3 Å². The molecule has 0 unspecified atom stereocenters. The monoisotopic (exact) mass is 378 g/mol. The number of aryl methyl sites for hydroxylation is 1. The molecule has 0 aliphatic rings. The highest BCUT2D eigenvalue weighted by atomic mass is 16.6. The molecule has 0 aliphatic heterocycles. The maximum Gasteiger partial charge on any atom is 0.312 e. The van der Waals surface area contributed by atoms with Crippen molar-refractivity contribution in [2.75, 3.05) is 0 Å². The Bertz CT molecular complexity index is 968. The van der Waals surface area contributed by atoms with Crippen LogP contribution in [-0.4, -0.2) is 20.6 Å². The molecule has 3 rings (SSSR count). The van der Waals surface area contributed by atoms with E-state index in [9.17, 15) is 14.9 Å². The summed E-state index contributed by atoms with van der Waals surface area (Å²) < 4.78 is 1.38. The van der Waals surface area contributed by atoms with E-state index in [1.807, 2.05) is 60.7 Å². The van der Waals surface area contributed by atoms with E-state index in [4.69, 9.17) is 0 Å². The summed E-state index contributed by atoms with van der Waals surface area (Å²) in [7, 11) is 0. The quantitative estimate of drug-likeness (QED) is 0.503. The number of aromatic nitrogens is 2. The molecule has 1 heterocycles. The minimum atomic E-state index is -0.464. The first-order valence-corrected chi connectivity index (χ1v) is 9.02. The second-order valence-electron chi connectivity index (χ2n) is 6.65. The molecule has 7 heteroatoms. The van der Waals surface area contributed by atoms with Crippen LogP contribution < -0.4 is 5.32 Å². The summed E-state index contributed by atoms with van der Waals surface area (Å²) >= 11 is 0. The lowest BCUT2D eigenvalue weighted by Crippen LogP contribution is -2.33. The van der Waals surface area contributed by atoms with E-state index in [-0.39, 0.29) is 24.2 Å². The second kappa shape index (κ2) is 8.47. The van der Waals surface area contributed by atoms with Gasteiger partial charge in [-0.15, -0.1) is 0 Å². The molecular weight excluding hydrogens is 356 g/mol. The maximum atomic E-state index is 12.7. The first kappa shape index (κ1) is 19.3. The van der Waals surface area contributed by atoms with Gasteiger partial charge in [0.15, 0.2) is 0 Å². The molecule has 0 aliphatic carbocycles. The predicted molar refractivity (Wildman–Crippen MR) is 106 cm³/mol. The third kappa shape index (κ3) is 4.43. The van der Waals surface area contributed by atoms with E-state index >= 15 is 0 Å². The zero-order valence-corrected chi connectivity index (χ0v) is 15.8. The number of carbonyl (C=O) groups is 1. The van der Waals surface area contributed by atoms with Crippen LogP contribution in [0.3, 0.4) is 0 Å². The van der Waals surface area contributed by atoms with Gasteiger partial charge in [0, 0.05) is 0 Å². The molecule has 0 spiro atoms. The summed E-state index contributed by atoms with van der Waals surface area (Å²) in [6.45, 7) is 3.10. The van der Waals surface area contributed by atoms with Gasteiger partial charge in [-0.05, 0) is 31.4 Å². The molecule has 1 amide bonds. The number of benzene rings is 2. The molecule has 0 radical (unpaired) electrons. The number of nitrogens with zero attached hydrogens (tertiary/aromatic N) is 3. The highest BCUT2D eigenvalue weighted by Crippen LogP contribution is 2.22. The third-order valence-electron chi connectivity index (χ3n) is 4.64. The fraction of sp³-hybridized carbons (Fsp3) is 0.238. The van der Waals surface area contributed by atoms with E-state index < -0.39 is 4.92 Å². The molecular formula is C21H22N4O3. The highest BCUT2D eigenvalue weighted by Gasteiger charge is 2.23. The average Bonchev–Trinajstić information content (AvgIpc) is 2.96. The Morgan fingerprint density at radius 2 is 1.71 bits per heavy atom. The lowest BCUT2D eigenvalue weighted by Gasteiger charge is -2.20. The lowest BCUT2D eigenvalue weighted by molar-refractivity contribution is -0.386. The second-order valence-corrected chi connectivity index (χ2v) is 6.65. The van der Waals surface area contributed by atoms with Crippen LogP contribution >= 0.6 is 0 Å². The Kier molecular flexibility index (Phi) is 5.84. The predicted octanol–water partition coefficient (Wildman–Crippen LogP) is 3.51.